The van der Waals surface area contributed by atoms with Gasteiger partial charge in [0.15, 0.2) is 0 Å². The molecule has 1 N–H and O–H groups in total. The normalized spacial score (nSPS) is 22.8. The number of nitrogens with zero attached hydrogens (tertiary/aromatic N) is 1. The summed E-state index contributed by atoms with van der Waals surface area (Å²) in [5.41, 5.74) is 2.12. The van der Waals surface area contributed by atoms with Gasteiger partial charge >= 0.3 is 0 Å². The van der Waals surface area contributed by atoms with Crippen molar-refractivity contribution in [3.63, 3.8) is 0 Å². The van der Waals surface area contributed by atoms with Gasteiger partial charge in [-0.25, -0.2) is 0 Å². The second-order valence-electron chi connectivity index (χ2n) is 5.69. The van der Waals surface area contributed by atoms with Gasteiger partial charge in [-0.1, -0.05) is 24.9 Å². The van der Waals surface area contributed by atoms with Crippen LogP contribution < -0.4 is 5.32 Å². The average molecular weight is 275 g/mol. The molecule has 1 heterocycles. The van der Waals surface area contributed by atoms with Crippen molar-refractivity contribution in [3.8, 4) is 0 Å². The van der Waals surface area contributed by atoms with E-state index in [1.807, 2.05) is 24.4 Å². The number of halogens is 1. The molecule has 0 radical (unpaired) electrons. The lowest BCUT2D eigenvalue weighted by atomic mass is 10.1. The van der Waals surface area contributed by atoms with E-state index in [9.17, 15) is 0 Å². The number of pyridine rings is 1. The molecule has 1 fully saturated rings. The first kappa shape index (κ1) is 12.7. The first-order chi connectivity index (χ1) is 9.22. The maximum atomic E-state index is 6.01. The molecule has 1 aromatic carbocycles. The van der Waals surface area contributed by atoms with Crippen molar-refractivity contribution in [1.82, 2.24) is 4.98 Å². The number of fused-ring (bicyclic) bond motifs is 1. The van der Waals surface area contributed by atoms with Gasteiger partial charge in [0.2, 0.25) is 0 Å². The fourth-order valence-corrected chi connectivity index (χ4v) is 3.21. The van der Waals surface area contributed by atoms with Crippen molar-refractivity contribution in [1.29, 1.82) is 0 Å². The lowest BCUT2D eigenvalue weighted by Gasteiger charge is -2.14. The molecule has 1 aliphatic carbocycles. The minimum Gasteiger partial charge on any atom is -0.384 e. The number of nitrogens with one attached hydrogen (secondary N) is 1. The van der Waals surface area contributed by atoms with E-state index in [1.54, 1.807) is 0 Å². The number of anilines is 1. The topological polar surface area (TPSA) is 24.9 Å². The Labute approximate surface area is 119 Å². The zero-order valence-corrected chi connectivity index (χ0v) is 12.0. The monoisotopic (exact) mass is 274 g/mol. The molecule has 2 atom stereocenters. The fraction of sp³-hybridized carbons (Fsp3) is 0.438. The van der Waals surface area contributed by atoms with Crippen LogP contribution in [0.5, 0.6) is 0 Å². The second-order valence-corrected chi connectivity index (χ2v) is 6.12. The molecule has 2 unspecified atom stereocenters. The van der Waals surface area contributed by atoms with Gasteiger partial charge in [0.05, 0.1) is 5.52 Å². The fourth-order valence-electron chi connectivity index (χ4n) is 3.04. The zero-order chi connectivity index (χ0) is 13.2. The molecule has 3 heteroatoms. The molecule has 3 rings (SSSR count). The predicted molar refractivity (Wildman–Crippen MR) is 81.7 cm³/mol. The zero-order valence-electron chi connectivity index (χ0n) is 11.2. The van der Waals surface area contributed by atoms with Crippen LogP contribution in [-0.2, 0) is 0 Å². The molecule has 0 saturated heterocycles. The van der Waals surface area contributed by atoms with E-state index in [1.165, 1.54) is 24.9 Å². The van der Waals surface area contributed by atoms with Gasteiger partial charge in [-0.2, -0.15) is 0 Å². The third kappa shape index (κ3) is 2.84. The first-order valence-electron chi connectivity index (χ1n) is 7.00. The van der Waals surface area contributed by atoms with Crippen LogP contribution in [0.1, 0.15) is 26.2 Å². The Morgan fingerprint density at radius 2 is 2.21 bits per heavy atom. The SMILES string of the molecule is CC1CCC(CNc2ccnc3cc(Cl)ccc23)C1. The summed E-state index contributed by atoms with van der Waals surface area (Å²) in [6, 6.07) is 7.94. The van der Waals surface area contributed by atoms with E-state index >= 15 is 0 Å². The summed E-state index contributed by atoms with van der Waals surface area (Å²) in [6.07, 6.45) is 5.92. The molecule has 0 amide bonds. The highest BCUT2D eigenvalue weighted by Gasteiger charge is 2.20. The third-order valence-corrected chi connectivity index (χ3v) is 4.32. The summed E-state index contributed by atoms with van der Waals surface area (Å²) < 4.78 is 0. The van der Waals surface area contributed by atoms with Crippen molar-refractivity contribution in [2.45, 2.75) is 26.2 Å². The molecule has 1 aromatic heterocycles. The summed E-state index contributed by atoms with van der Waals surface area (Å²) in [5, 5.41) is 5.48. The Bertz CT molecular complexity index is 582. The van der Waals surface area contributed by atoms with Gasteiger partial charge in [-0.15, -0.1) is 0 Å². The van der Waals surface area contributed by atoms with Crippen LogP contribution in [0.4, 0.5) is 5.69 Å². The Morgan fingerprint density at radius 3 is 3.00 bits per heavy atom. The number of aromatic nitrogens is 1. The average Bonchev–Trinajstić information content (AvgIpc) is 2.81. The van der Waals surface area contributed by atoms with Crippen molar-refractivity contribution in [3.05, 3.63) is 35.5 Å². The summed E-state index contributed by atoms with van der Waals surface area (Å²) in [5.74, 6) is 1.70. The summed E-state index contributed by atoms with van der Waals surface area (Å²) in [7, 11) is 0. The molecule has 2 aromatic rings. The van der Waals surface area contributed by atoms with Crippen molar-refractivity contribution in [2.75, 3.05) is 11.9 Å². The first-order valence-corrected chi connectivity index (χ1v) is 7.38. The van der Waals surface area contributed by atoms with Crippen LogP contribution in [0, 0.1) is 11.8 Å². The molecule has 100 valence electrons. The summed E-state index contributed by atoms with van der Waals surface area (Å²) in [4.78, 5) is 4.37. The van der Waals surface area contributed by atoms with Crippen molar-refractivity contribution in [2.24, 2.45) is 11.8 Å². The van der Waals surface area contributed by atoms with Gasteiger partial charge in [-0.3, -0.25) is 4.98 Å². The highest BCUT2D eigenvalue weighted by atomic mass is 35.5. The van der Waals surface area contributed by atoms with Crippen molar-refractivity contribution < 1.29 is 0 Å². The molecule has 0 bridgehead atoms. The molecule has 1 saturated carbocycles. The molecule has 0 spiro atoms. The van der Waals surface area contributed by atoms with E-state index in [0.717, 1.165) is 34.3 Å². The number of rotatable bonds is 3. The van der Waals surface area contributed by atoms with Gasteiger partial charge in [-0.05, 0) is 48.9 Å². The minimum atomic E-state index is 0.738. The molecule has 0 aliphatic heterocycles. The minimum absolute atomic E-state index is 0.738. The largest absolute Gasteiger partial charge is 0.384 e. The van der Waals surface area contributed by atoms with Gasteiger partial charge in [0, 0.05) is 28.8 Å². The van der Waals surface area contributed by atoms with E-state index < -0.39 is 0 Å². The highest BCUT2D eigenvalue weighted by molar-refractivity contribution is 6.31. The van der Waals surface area contributed by atoms with Crippen LogP contribution in [0.25, 0.3) is 10.9 Å². The maximum Gasteiger partial charge on any atom is 0.0737 e. The number of hydrogen-bond donors (Lipinski definition) is 1. The van der Waals surface area contributed by atoms with Crippen molar-refractivity contribution >= 4 is 28.2 Å². The van der Waals surface area contributed by atoms with E-state index in [4.69, 9.17) is 11.6 Å². The van der Waals surface area contributed by atoms with E-state index in [-0.39, 0.29) is 0 Å². The summed E-state index contributed by atoms with van der Waals surface area (Å²) in [6.45, 7) is 3.41. The van der Waals surface area contributed by atoms with Crippen LogP contribution in [0.3, 0.4) is 0 Å². The number of hydrogen-bond acceptors (Lipinski definition) is 2. The molecular formula is C16H19ClN2. The Kier molecular flexibility index (Phi) is 3.61. The van der Waals surface area contributed by atoms with E-state index in [0.29, 0.717) is 0 Å². The lowest BCUT2D eigenvalue weighted by molar-refractivity contribution is 0.537. The van der Waals surface area contributed by atoms with Gasteiger partial charge in [0.1, 0.15) is 0 Å². The van der Waals surface area contributed by atoms with Crippen LogP contribution >= 0.6 is 11.6 Å². The predicted octanol–water partition coefficient (Wildman–Crippen LogP) is 4.74. The summed E-state index contributed by atoms with van der Waals surface area (Å²) >= 11 is 6.01. The smallest absolute Gasteiger partial charge is 0.0737 e. The number of benzene rings is 1. The molecule has 1 aliphatic rings. The third-order valence-electron chi connectivity index (χ3n) is 4.09. The second kappa shape index (κ2) is 5.38. The Morgan fingerprint density at radius 1 is 1.32 bits per heavy atom. The van der Waals surface area contributed by atoms with Crippen LogP contribution in [0.2, 0.25) is 5.02 Å². The Hall–Kier alpha value is -1.28. The van der Waals surface area contributed by atoms with Crippen LogP contribution in [-0.4, -0.2) is 11.5 Å². The maximum absolute atomic E-state index is 6.01. The molecule has 2 nitrogen and oxygen atoms in total. The standard InChI is InChI=1S/C16H19ClN2/c1-11-2-3-12(8-11)10-19-15-6-7-18-16-9-13(17)4-5-14(15)16/h4-7,9,11-12H,2-3,8,10H2,1H3,(H,18,19). The molecular weight excluding hydrogens is 256 g/mol. The Balaban J connectivity index is 1.77. The van der Waals surface area contributed by atoms with E-state index in [2.05, 4.69) is 23.3 Å². The lowest BCUT2D eigenvalue weighted by Crippen LogP contribution is -2.11. The highest BCUT2D eigenvalue weighted by Crippen LogP contribution is 2.31. The van der Waals surface area contributed by atoms with Crippen LogP contribution in [0.15, 0.2) is 30.5 Å². The van der Waals surface area contributed by atoms with Gasteiger partial charge < -0.3 is 5.32 Å². The molecule has 19 heavy (non-hydrogen) atoms. The quantitative estimate of drug-likeness (QED) is 0.875. The van der Waals surface area contributed by atoms with Gasteiger partial charge in [0.25, 0.3) is 0 Å².